The minimum absolute atomic E-state index is 0.722. The van der Waals surface area contributed by atoms with E-state index in [0.717, 1.165) is 50.8 Å². The van der Waals surface area contributed by atoms with Crippen LogP contribution < -0.4 is 0 Å². The van der Waals surface area contributed by atoms with Crippen molar-refractivity contribution in [3.05, 3.63) is 247 Å². The summed E-state index contributed by atoms with van der Waals surface area (Å²) in [7, 11) is 0. The van der Waals surface area contributed by atoms with Gasteiger partial charge in [0.2, 0.25) is 0 Å². The number of hydrogen-bond acceptors (Lipinski definition) is 2. The number of fused-ring (bicyclic) bond motifs is 9. The van der Waals surface area contributed by atoms with Crippen LogP contribution in [-0.2, 0) is 0 Å². The molecule has 0 spiro atoms. The van der Waals surface area contributed by atoms with Crippen molar-refractivity contribution in [3.63, 3.8) is 0 Å². The molecule has 0 fully saturated rings. The van der Waals surface area contributed by atoms with Crippen LogP contribution in [0.15, 0.2) is 224 Å². The third-order valence-electron chi connectivity index (χ3n) is 15.0. The molecule has 4 aromatic heterocycles. The van der Waals surface area contributed by atoms with E-state index in [4.69, 9.17) is 9.97 Å². The summed E-state index contributed by atoms with van der Waals surface area (Å²) >= 11 is 0. The summed E-state index contributed by atoms with van der Waals surface area (Å²) in [6.45, 7) is 8.76. The molecule has 14 rings (SSSR count). The van der Waals surface area contributed by atoms with Gasteiger partial charge in [-0.1, -0.05) is 145 Å². The third-order valence-corrected chi connectivity index (χ3v) is 15.0. The summed E-state index contributed by atoms with van der Waals surface area (Å²) in [6, 6.07) is 81.8. The first kappa shape index (κ1) is 42.5. The second-order valence-corrected chi connectivity index (χ2v) is 19.7. The first-order valence-corrected chi connectivity index (χ1v) is 25.1. The summed E-state index contributed by atoms with van der Waals surface area (Å²) in [5.74, 6) is 0.722. The number of rotatable bonds is 7. The Morgan fingerprint density at radius 3 is 1.16 bits per heavy atom. The highest BCUT2D eigenvalue weighted by molar-refractivity contribution is 6.14. The first-order chi connectivity index (χ1) is 35.8. The molecule has 0 saturated heterocycles. The van der Waals surface area contributed by atoms with Crippen LogP contribution in [0.3, 0.4) is 0 Å². The Balaban J connectivity index is 0.913. The van der Waals surface area contributed by atoms with E-state index >= 15 is 0 Å². The second-order valence-electron chi connectivity index (χ2n) is 19.7. The molecule has 0 bridgehead atoms. The molecule has 5 heteroatoms. The molecule has 0 saturated carbocycles. The highest BCUT2D eigenvalue weighted by atomic mass is 15.0. The Bertz CT molecular complexity index is 4180. The molecule has 0 aliphatic carbocycles. The van der Waals surface area contributed by atoms with Gasteiger partial charge in [0.25, 0.3) is 0 Å². The normalized spacial score (nSPS) is 11.8. The maximum Gasteiger partial charge on any atom is 0.160 e. The quantitative estimate of drug-likeness (QED) is 0.160. The standard InChI is InChI=1S/C68H49N5/c1-42-15-13-17-48(35-42)60-41-59(69-68(70-60)49-18-14-16-43(2)36-49)47-29-27-46(28-30-47)50-37-44(3)67(45(4)38-50)73-65-33-31-51(71-61-23-9-5-19-53(61)54-20-6-10-24-62(54)71)39-57(65)58-40-52(32-34-66(58)73)72-63-25-11-7-21-55(63)56-22-8-12-26-64(56)72/h5-41H,1-4H3. The summed E-state index contributed by atoms with van der Waals surface area (Å²) < 4.78 is 7.36. The van der Waals surface area contributed by atoms with E-state index in [1.165, 1.54) is 98.9 Å². The summed E-state index contributed by atoms with van der Waals surface area (Å²) in [4.78, 5) is 10.3. The smallest absolute Gasteiger partial charge is 0.160 e. The van der Waals surface area contributed by atoms with Crippen molar-refractivity contribution in [2.75, 3.05) is 0 Å². The van der Waals surface area contributed by atoms with Crippen LogP contribution in [0.4, 0.5) is 0 Å². The SMILES string of the molecule is Cc1cccc(-c2cc(-c3ccc(-c4cc(C)c(-n5c6ccc(-n7c8ccccc8c8ccccc87)cc6c6cc(-n7c8ccccc8c8ccccc87)ccc65)c(C)c4)cc3)nc(-c3cccc(C)c3)n2)c1. The number of aromatic nitrogens is 5. The van der Waals surface area contributed by atoms with Crippen LogP contribution in [0.25, 0.3) is 128 Å². The van der Waals surface area contributed by atoms with Crippen molar-refractivity contribution in [2.45, 2.75) is 27.7 Å². The Morgan fingerprint density at radius 1 is 0.274 bits per heavy atom. The molecule has 0 aliphatic rings. The minimum atomic E-state index is 0.722. The molecular weight excluding hydrogens is 887 g/mol. The molecule has 0 aliphatic heterocycles. The van der Waals surface area contributed by atoms with Crippen molar-refractivity contribution in [1.29, 1.82) is 0 Å². The van der Waals surface area contributed by atoms with Gasteiger partial charge in [-0.15, -0.1) is 0 Å². The lowest BCUT2D eigenvalue weighted by atomic mass is 9.97. The number of benzene rings is 10. The van der Waals surface area contributed by atoms with Gasteiger partial charge >= 0.3 is 0 Å². The molecule has 5 nitrogen and oxygen atoms in total. The van der Waals surface area contributed by atoms with E-state index in [-0.39, 0.29) is 0 Å². The van der Waals surface area contributed by atoms with Crippen molar-refractivity contribution in [1.82, 2.24) is 23.7 Å². The zero-order chi connectivity index (χ0) is 48.9. The molecule has 0 atom stereocenters. The van der Waals surface area contributed by atoms with Gasteiger partial charge in [0.05, 0.1) is 50.2 Å². The first-order valence-electron chi connectivity index (χ1n) is 25.1. The van der Waals surface area contributed by atoms with Gasteiger partial charge < -0.3 is 13.7 Å². The minimum Gasteiger partial charge on any atom is -0.309 e. The van der Waals surface area contributed by atoms with E-state index in [9.17, 15) is 0 Å². The fourth-order valence-electron chi connectivity index (χ4n) is 11.7. The summed E-state index contributed by atoms with van der Waals surface area (Å²) in [5.41, 5.74) is 22.7. The third kappa shape index (κ3) is 6.92. The number of nitrogens with zero attached hydrogens (tertiary/aromatic N) is 5. The van der Waals surface area contributed by atoms with Gasteiger partial charge in [-0.25, -0.2) is 9.97 Å². The average molecular weight is 936 g/mol. The monoisotopic (exact) mass is 935 g/mol. The van der Waals surface area contributed by atoms with Gasteiger partial charge in [-0.3, -0.25) is 0 Å². The van der Waals surface area contributed by atoms with Gasteiger partial charge in [0.1, 0.15) is 0 Å². The zero-order valence-electron chi connectivity index (χ0n) is 41.1. The van der Waals surface area contributed by atoms with Gasteiger partial charge in [0, 0.05) is 60.4 Å². The molecule has 14 aromatic rings. The number of hydrogen-bond donors (Lipinski definition) is 0. The molecular formula is C68H49N5. The predicted molar refractivity (Wildman–Crippen MR) is 306 cm³/mol. The molecule has 73 heavy (non-hydrogen) atoms. The fourth-order valence-corrected chi connectivity index (χ4v) is 11.7. The van der Waals surface area contributed by atoms with E-state index in [2.05, 4.69) is 266 Å². The van der Waals surface area contributed by atoms with Gasteiger partial charge in [-0.2, -0.15) is 0 Å². The van der Waals surface area contributed by atoms with Crippen LogP contribution in [-0.4, -0.2) is 23.7 Å². The topological polar surface area (TPSA) is 40.6 Å². The highest BCUT2D eigenvalue weighted by Crippen LogP contribution is 2.41. The highest BCUT2D eigenvalue weighted by Gasteiger charge is 2.21. The second kappa shape index (κ2) is 16.6. The van der Waals surface area contributed by atoms with E-state index in [1.807, 2.05) is 0 Å². The van der Waals surface area contributed by atoms with Gasteiger partial charge in [0.15, 0.2) is 5.82 Å². The molecule has 0 radical (unpaired) electrons. The van der Waals surface area contributed by atoms with Crippen molar-refractivity contribution in [2.24, 2.45) is 0 Å². The lowest BCUT2D eigenvalue weighted by molar-refractivity contribution is 1.12. The average Bonchev–Trinajstić information content (AvgIpc) is 4.06. The predicted octanol–water partition coefficient (Wildman–Crippen LogP) is 17.7. The van der Waals surface area contributed by atoms with Gasteiger partial charge in [-0.05, 0) is 141 Å². The zero-order valence-corrected chi connectivity index (χ0v) is 41.1. The Kier molecular flexibility index (Phi) is 9.70. The van der Waals surface area contributed by atoms with Crippen LogP contribution in [0, 0.1) is 27.7 Å². The molecule has 4 heterocycles. The summed E-state index contributed by atoms with van der Waals surface area (Å²) in [5, 5.41) is 7.42. The van der Waals surface area contributed by atoms with Crippen LogP contribution in [0.5, 0.6) is 0 Å². The van der Waals surface area contributed by atoms with Crippen LogP contribution >= 0.6 is 0 Å². The maximum absolute atomic E-state index is 5.16. The molecule has 0 amide bonds. The number of para-hydroxylation sites is 4. The fraction of sp³-hybridized carbons (Fsp3) is 0.0588. The van der Waals surface area contributed by atoms with E-state index in [0.29, 0.717) is 0 Å². The molecule has 346 valence electrons. The molecule has 10 aromatic carbocycles. The Hall–Kier alpha value is -9.32. The summed E-state index contributed by atoms with van der Waals surface area (Å²) in [6.07, 6.45) is 0. The van der Waals surface area contributed by atoms with Crippen LogP contribution in [0.2, 0.25) is 0 Å². The Labute approximate surface area is 423 Å². The lowest BCUT2D eigenvalue weighted by Gasteiger charge is -2.17. The Morgan fingerprint density at radius 2 is 0.685 bits per heavy atom. The lowest BCUT2D eigenvalue weighted by Crippen LogP contribution is -2.01. The molecule has 0 N–H and O–H groups in total. The maximum atomic E-state index is 5.16. The van der Waals surface area contributed by atoms with Crippen molar-refractivity contribution < 1.29 is 0 Å². The van der Waals surface area contributed by atoms with Crippen LogP contribution in [0.1, 0.15) is 22.3 Å². The van der Waals surface area contributed by atoms with E-state index < -0.39 is 0 Å². The molecule has 0 unspecified atom stereocenters. The largest absolute Gasteiger partial charge is 0.309 e. The van der Waals surface area contributed by atoms with Crippen molar-refractivity contribution in [3.8, 4) is 62.1 Å². The van der Waals surface area contributed by atoms with Crippen molar-refractivity contribution >= 4 is 65.4 Å². The number of aryl methyl sites for hydroxylation is 4. The van der Waals surface area contributed by atoms with E-state index in [1.54, 1.807) is 0 Å².